The Bertz CT molecular complexity index is 748. The van der Waals surface area contributed by atoms with Gasteiger partial charge in [-0.25, -0.2) is 12.7 Å². The lowest BCUT2D eigenvalue weighted by atomic mass is 9.88. The molecule has 1 saturated carbocycles. The summed E-state index contributed by atoms with van der Waals surface area (Å²) in [4.78, 5) is 12.4. The Kier molecular flexibility index (Phi) is 7.64. The van der Waals surface area contributed by atoms with E-state index in [1.165, 1.54) is 52.6 Å². The molecule has 7 nitrogen and oxygen atoms in total. The number of nitrogens with one attached hydrogen (secondary N) is 1. The maximum absolute atomic E-state index is 12.4. The van der Waals surface area contributed by atoms with E-state index in [4.69, 9.17) is 9.47 Å². The van der Waals surface area contributed by atoms with Gasteiger partial charge in [0.15, 0.2) is 0 Å². The summed E-state index contributed by atoms with van der Waals surface area (Å²) < 4.78 is 37.0. The Morgan fingerprint density at radius 1 is 1.26 bits per heavy atom. The molecule has 1 aromatic rings. The van der Waals surface area contributed by atoms with Crippen molar-refractivity contribution in [2.24, 2.45) is 5.92 Å². The van der Waals surface area contributed by atoms with Crippen LogP contribution in [-0.4, -0.2) is 59.1 Å². The highest BCUT2D eigenvalue weighted by atomic mass is 32.2. The fourth-order valence-electron chi connectivity index (χ4n) is 3.22. The molecule has 1 amide bonds. The average molecular weight is 399 g/mol. The summed E-state index contributed by atoms with van der Waals surface area (Å²) in [6.07, 6.45) is 4.96. The van der Waals surface area contributed by atoms with Gasteiger partial charge >= 0.3 is 0 Å². The summed E-state index contributed by atoms with van der Waals surface area (Å²) in [5.74, 6) is 0.415. The second-order valence-corrected chi connectivity index (χ2v) is 9.20. The average Bonchev–Trinajstić information content (AvgIpc) is 2.65. The van der Waals surface area contributed by atoms with Crippen LogP contribution in [0.5, 0.6) is 5.75 Å². The lowest BCUT2D eigenvalue weighted by molar-refractivity contribution is -0.00294. The van der Waals surface area contributed by atoms with Crippen molar-refractivity contribution in [3.8, 4) is 5.75 Å². The predicted octanol–water partition coefficient (Wildman–Crippen LogP) is 2.27. The lowest BCUT2D eigenvalue weighted by Crippen LogP contribution is -2.32. The van der Waals surface area contributed by atoms with E-state index in [0.29, 0.717) is 19.1 Å². The first-order valence-corrected chi connectivity index (χ1v) is 10.7. The van der Waals surface area contributed by atoms with Gasteiger partial charge in [0.2, 0.25) is 10.0 Å². The molecule has 0 heterocycles. The zero-order valence-electron chi connectivity index (χ0n) is 16.5. The Balaban J connectivity index is 1.98. The molecule has 2 rings (SSSR count). The Morgan fingerprint density at radius 3 is 2.59 bits per heavy atom. The van der Waals surface area contributed by atoms with Crippen molar-refractivity contribution in [3.63, 3.8) is 0 Å². The molecule has 0 aliphatic heterocycles. The van der Waals surface area contributed by atoms with Gasteiger partial charge in [-0.05, 0) is 37.0 Å². The van der Waals surface area contributed by atoms with Crippen molar-refractivity contribution in [1.82, 2.24) is 9.62 Å². The van der Waals surface area contributed by atoms with E-state index in [0.717, 1.165) is 10.7 Å². The number of benzene rings is 1. The molecule has 152 valence electrons. The van der Waals surface area contributed by atoms with E-state index in [1.807, 2.05) is 0 Å². The monoisotopic (exact) mass is 398 g/mol. The largest absolute Gasteiger partial charge is 0.495 e. The smallest absolute Gasteiger partial charge is 0.251 e. The van der Waals surface area contributed by atoms with Gasteiger partial charge < -0.3 is 14.8 Å². The van der Waals surface area contributed by atoms with Crippen LogP contribution in [0, 0.1) is 5.92 Å². The number of ether oxygens (including phenoxy) is 2. The van der Waals surface area contributed by atoms with Crippen molar-refractivity contribution >= 4 is 15.9 Å². The van der Waals surface area contributed by atoms with Gasteiger partial charge in [0.1, 0.15) is 10.6 Å². The fraction of sp³-hybridized carbons (Fsp3) is 0.632. The lowest BCUT2D eigenvalue weighted by Gasteiger charge is -2.28. The van der Waals surface area contributed by atoms with Crippen molar-refractivity contribution in [2.45, 2.75) is 43.6 Å². The van der Waals surface area contributed by atoms with E-state index in [-0.39, 0.29) is 28.2 Å². The normalized spacial score (nSPS) is 20.5. The summed E-state index contributed by atoms with van der Waals surface area (Å²) >= 11 is 0. The Hall–Kier alpha value is -1.64. The third kappa shape index (κ3) is 5.43. The highest BCUT2D eigenvalue weighted by molar-refractivity contribution is 7.89. The van der Waals surface area contributed by atoms with Crippen LogP contribution in [0.3, 0.4) is 0 Å². The summed E-state index contributed by atoms with van der Waals surface area (Å²) in [6.45, 7) is 3.02. The van der Waals surface area contributed by atoms with E-state index in [9.17, 15) is 13.2 Å². The van der Waals surface area contributed by atoms with Crippen LogP contribution in [0.15, 0.2) is 23.1 Å². The van der Waals surface area contributed by atoms with Crippen LogP contribution in [0.1, 0.15) is 43.0 Å². The van der Waals surface area contributed by atoms with Crippen molar-refractivity contribution < 1.29 is 22.7 Å². The zero-order valence-corrected chi connectivity index (χ0v) is 17.3. The van der Waals surface area contributed by atoms with E-state index in [1.54, 1.807) is 6.07 Å². The number of carbonyl (C=O) groups excluding carboxylic acids is 1. The molecular weight excluding hydrogens is 368 g/mol. The number of hydrogen-bond donors (Lipinski definition) is 1. The molecule has 1 fully saturated rings. The summed E-state index contributed by atoms with van der Waals surface area (Å²) in [5, 5.41) is 2.79. The van der Waals surface area contributed by atoms with Crippen LogP contribution >= 0.6 is 0 Å². The molecule has 0 radical (unpaired) electrons. The molecule has 0 aromatic heterocycles. The maximum Gasteiger partial charge on any atom is 0.251 e. The molecular formula is C19H30N2O5S. The second-order valence-electron chi connectivity index (χ2n) is 7.08. The zero-order chi connectivity index (χ0) is 20.0. The van der Waals surface area contributed by atoms with E-state index >= 15 is 0 Å². The number of methoxy groups -OCH3 is 1. The van der Waals surface area contributed by atoms with Crippen LogP contribution < -0.4 is 10.1 Å². The quantitative estimate of drug-likeness (QED) is 0.679. The Labute approximate surface area is 162 Å². The van der Waals surface area contributed by atoms with Crippen LogP contribution in [0.2, 0.25) is 0 Å². The fourth-order valence-corrected chi connectivity index (χ4v) is 4.30. The van der Waals surface area contributed by atoms with Gasteiger partial charge in [-0.3, -0.25) is 4.79 Å². The van der Waals surface area contributed by atoms with Gasteiger partial charge in [0.25, 0.3) is 5.91 Å². The Morgan fingerprint density at radius 2 is 1.96 bits per heavy atom. The minimum absolute atomic E-state index is 0.0325. The molecule has 2 unspecified atom stereocenters. The van der Waals surface area contributed by atoms with Gasteiger partial charge in [-0.15, -0.1) is 0 Å². The van der Waals surface area contributed by atoms with E-state index < -0.39 is 10.0 Å². The molecule has 8 heteroatoms. The highest BCUT2D eigenvalue weighted by Gasteiger charge is 2.24. The summed E-state index contributed by atoms with van der Waals surface area (Å²) in [5.41, 5.74) is 0.266. The first-order chi connectivity index (χ1) is 12.8. The van der Waals surface area contributed by atoms with Gasteiger partial charge in [-0.2, -0.15) is 0 Å². The first-order valence-electron chi connectivity index (χ1n) is 9.27. The minimum atomic E-state index is -3.72. The van der Waals surface area contributed by atoms with Crippen LogP contribution in [0.4, 0.5) is 0 Å². The minimum Gasteiger partial charge on any atom is -0.495 e. The molecule has 1 aliphatic carbocycles. The summed E-state index contributed by atoms with van der Waals surface area (Å²) in [7, 11) is 0.550. The predicted molar refractivity (Wildman–Crippen MR) is 104 cm³/mol. The number of sulfonamides is 1. The highest BCUT2D eigenvalue weighted by Crippen LogP contribution is 2.27. The molecule has 0 bridgehead atoms. The van der Waals surface area contributed by atoms with Crippen LogP contribution in [0.25, 0.3) is 0 Å². The number of nitrogens with zero attached hydrogens (tertiary/aromatic N) is 1. The first kappa shape index (κ1) is 21.7. The molecule has 1 aliphatic rings. The van der Waals surface area contributed by atoms with Crippen LogP contribution in [-0.2, 0) is 14.8 Å². The molecule has 1 N–H and O–H groups in total. The number of rotatable bonds is 8. The molecule has 0 saturated heterocycles. The third-order valence-corrected chi connectivity index (χ3v) is 6.77. The van der Waals surface area contributed by atoms with E-state index in [2.05, 4.69) is 12.2 Å². The van der Waals surface area contributed by atoms with Gasteiger partial charge in [0, 0.05) is 26.2 Å². The van der Waals surface area contributed by atoms with Crippen molar-refractivity contribution in [3.05, 3.63) is 23.8 Å². The third-order valence-electron chi connectivity index (χ3n) is 4.94. The maximum atomic E-state index is 12.4. The number of amides is 1. The topological polar surface area (TPSA) is 84.9 Å². The number of hydrogen-bond acceptors (Lipinski definition) is 5. The van der Waals surface area contributed by atoms with Gasteiger partial charge in [-0.1, -0.05) is 19.8 Å². The van der Waals surface area contributed by atoms with Crippen molar-refractivity contribution in [1.29, 1.82) is 0 Å². The SMILES string of the molecule is COc1ccc(C(=O)NCCOC2CCCCC2C)cc1S(=O)(=O)N(C)C. The number of carbonyl (C=O) groups is 1. The van der Waals surface area contributed by atoms with Crippen molar-refractivity contribution in [2.75, 3.05) is 34.4 Å². The van der Waals surface area contributed by atoms with Gasteiger partial charge in [0.05, 0.1) is 19.8 Å². The molecule has 2 atom stereocenters. The molecule has 0 spiro atoms. The summed E-state index contributed by atoms with van der Waals surface area (Å²) in [6, 6.07) is 4.38. The standard InChI is InChI=1S/C19H30N2O5S/c1-14-7-5-6-8-16(14)26-12-11-20-19(22)15-9-10-17(25-4)18(13-15)27(23,24)21(2)3/h9-10,13-14,16H,5-8,11-12H2,1-4H3,(H,20,22). The second kappa shape index (κ2) is 9.52. The molecule has 1 aromatic carbocycles. The molecule has 27 heavy (non-hydrogen) atoms.